The number of rotatable bonds is 0. The SMILES string of the molecule is O=CO.O=P([O-])([O-])[O-].[NH4+].[NH4+].[NH4+]. The van der Waals surface area contributed by atoms with Gasteiger partial charge < -0.3 is 42.8 Å². The molecule has 0 unspecified atom stereocenters. The van der Waals surface area contributed by atoms with Crippen LogP contribution in [0.25, 0.3) is 0 Å². The summed E-state index contributed by atoms with van der Waals surface area (Å²) in [4.78, 5) is 34.0. The monoisotopic (exact) mass is 195 g/mol. The summed E-state index contributed by atoms with van der Waals surface area (Å²) in [5.41, 5.74) is 0. The van der Waals surface area contributed by atoms with Crippen LogP contribution in [0.4, 0.5) is 0 Å². The van der Waals surface area contributed by atoms with Crippen molar-refractivity contribution >= 4 is 14.3 Å². The molecule has 0 aromatic heterocycles. The Bertz CT molecular complexity index is 91.7. The second-order valence-corrected chi connectivity index (χ2v) is 1.45. The zero-order valence-corrected chi connectivity index (χ0v) is 7.41. The van der Waals surface area contributed by atoms with Gasteiger partial charge in [-0.05, 0) is 0 Å². The lowest BCUT2D eigenvalue weighted by molar-refractivity contribution is -0.432. The fourth-order valence-corrected chi connectivity index (χ4v) is 0. The molecular weight excluding hydrogens is 181 g/mol. The van der Waals surface area contributed by atoms with Gasteiger partial charge in [0.15, 0.2) is 0 Å². The van der Waals surface area contributed by atoms with Crippen LogP contribution in [-0.4, -0.2) is 11.6 Å². The van der Waals surface area contributed by atoms with Gasteiger partial charge in [-0.25, -0.2) is 0 Å². The highest BCUT2D eigenvalue weighted by molar-refractivity contribution is 7.40. The van der Waals surface area contributed by atoms with Crippen molar-refractivity contribution in [2.45, 2.75) is 0 Å². The molecule has 0 saturated carbocycles. The Balaban J connectivity index is -0.0000000183. The van der Waals surface area contributed by atoms with Gasteiger partial charge in [-0.15, -0.1) is 0 Å². The van der Waals surface area contributed by atoms with Crippen molar-refractivity contribution in [3.63, 3.8) is 0 Å². The summed E-state index contributed by atoms with van der Waals surface area (Å²) in [6, 6.07) is 0. The molecule has 0 aliphatic carbocycles. The van der Waals surface area contributed by atoms with Gasteiger partial charge in [0, 0.05) is 0 Å². The molecule has 0 spiro atoms. The van der Waals surface area contributed by atoms with Gasteiger partial charge in [-0.2, -0.15) is 7.82 Å². The summed E-state index contributed by atoms with van der Waals surface area (Å²) >= 11 is 0. The minimum Gasteiger partial charge on any atom is -0.822 e. The fourth-order valence-electron chi connectivity index (χ4n) is 0. The lowest BCUT2D eigenvalue weighted by atomic mass is 11.7. The second kappa shape index (κ2) is 16.2. The smallest absolute Gasteiger partial charge is 0.290 e. The van der Waals surface area contributed by atoms with Crippen molar-refractivity contribution in [2.24, 2.45) is 0 Å². The Kier molecular flexibility index (Phi) is 46.3. The van der Waals surface area contributed by atoms with E-state index in [-0.39, 0.29) is 24.9 Å². The van der Waals surface area contributed by atoms with E-state index in [2.05, 4.69) is 0 Å². The first-order chi connectivity index (χ1) is 3.41. The Morgan fingerprint density at radius 1 is 1.09 bits per heavy atom. The maximum absolute atomic E-state index is 8.55. The maximum Gasteiger partial charge on any atom is 0.290 e. The number of carboxylic acid groups (broad SMARTS) is 1. The van der Waals surface area contributed by atoms with Crippen LogP contribution in [0, 0.1) is 0 Å². The van der Waals surface area contributed by atoms with E-state index < -0.39 is 7.82 Å². The molecule has 13 N–H and O–H groups in total. The fraction of sp³-hybridized carbons (Fsp3) is 0. The van der Waals surface area contributed by atoms with E-state index in [1.807, 2.05) is 0 Å². The van der Waals surface area contributed by atoms with E-state index in [1.54, 1.807) is 0 Å². The molecule has 0 aliphatic rings. The Morgan fingerprint density at radius 3 is 1.09 bits per heavy atom. The van der Waals surface area contributed by atoms with Gasteiger partial charge in [0.05, 0.1) is 0 Å². The predicted octanol–water partition coefficient (Wildman–Crippen LogP) is -2.00. The summed E-state index contributed by atoms with van der Waals surface area (Å²) in [5.74, 6) is 0. The summed E-state index contributed by atoms with van der Waals surface area (Å²) < 4.78 is 8.55. The number of quaternary nitrogens is 3. The quantitative estimate of drug-likeness (QED) is 0.251. The van der Waals surface area contributed by atoms with E-state index in [0.717, 1.165) is 0 Å². The topological polar surface area (TPSA) is 233 Å². The zero-order chi connectivity index (χ0) is 7.21. The van der Waals surface area contributed by atoms with Crippen molar-refractivity contribution in [1.29, 1.82) is 0 Å². The number of hydrogen-bond acceptors (Lipinski definition) is 5. The van der Waals surface area contributed by atoms with Crippen LogP contribution < -0.4 is 33.1 Å². The predicted molar refractivity (Wildman–Crippen MR) is 34.3 cm³/mol. The largest absolute Gasteiger partial charge is 0.822 e. The molecule has 9 nitrogen and oxygen atoms in total. The average Bonchev–Trinajstić information content (AvgIpc) is 1.27. The van der Waals surface area contributed by atoms with Gasteiger partial charge in [0.1, 0.15) is 0 Å². The summed E-state index contributed by atoms with van der Waals surface area (Å²) in [5, 5.41) is 6.89. The minimum absolute atomic E-state index is 0. The third-order valence-electron chi connectivity index (χ3n) is 0. The number of carbonyl (C=O) groups is 1. The van der Waals surface area contributed by atoms with Crippen molar-refractivity contribution in [2.75, 3.05) is 0 Å². The molecule has 74 valence electrons. The highest BCUT2D eigenvalue weighted by Crippen LogP contribution is 2.03. The van der Waals surface area contributed by atoms with E-state index in [0.29, 0.717) is 0 Å². The molecule has 0 bridgehead atoms. The van der Waals surface area contributed by atoms with Crippen LogP contribution in [0.15, 0.2) is 0 Å². The zero-order valence-electron chi connectivity index (χ0n) is 6.51. The molecule has 0 fully saturated rings. The van der Waals surface area contributed by atoms with Crippen molar-refractivity contribution in [3.8, 4) is 0 Å². The van der Waals surface area contributed by atoms with Gasteiger partial charge in [0.25, 0.3) is 6.47 Å². The first-order valence-corrected chi connectivity index (χ1v) is 2.68. The van der Waals surface area contributed by atoms with Gasteiger partial charge >= 0.3 is 0 Å². The average molecular weight is 195 g/mol. The Labute approximate surface area is 63.0 Å². The lowest BCUT2D eigenvalue weighted by Gasteiger charge is -2.36. The van der Waals surface area contributed by atoms with E-state index in [1.165, 1.54) is 0 Å². The Morgan fingerprint density at radius 2 is 1.09 bits per heavy atom. The van der Waals surface area contributed by atoms with Gasteiger partial charge in [-0.3, -0.25) is 4.79 Å². The van der Waals surface area contributed by atoms with Crippen molar-refractivity contribution < 1.29 is 29.1 Å². The molecule has 0 aromatic rings. The maximum atomic E-state index is 8.55. The standard InChI is InChI=1S/CH2O2.3H3N.H3O4P/c2-1-3;;;;1-5(2,3)4/h1H,(H,2,3);3*1H3;(H3,1,2,3,4). The first kappa shape index (κ1) is 31.4. The molecule has 0 aliphatic heterocycles. The first-order valence-electron chi connectivity index (χ1n) is 1.22. The van der Waals surface area contributed by atoms with Crippen LogP contribution in [0.1, 0.15) is 0 Å². The van der Waals surface area contributed by atoms with Gasteiger partial charge in [-0.1, -0.05) is 0 Å². The molecule has 0 atom stereocenters. The third kappa shape index (κ3) is 1810. The molecule has 0 heterocycles. The highest BCUT2D eigenvalue weighted by Gasteiger charge is 1.44. The van der Waals surface area contributed by atoms with E-state index >= 15 is 0 Å². The lowest BCUT2D eigenvalue weighted by Crippen LogP contribution is -2.24. The normalized spacial score (nSPS) is 6.45. The van der Waals surface area contributed by atoms with Crippen LogP contribution >= 0.6 is 7.82 Å². The van der Waals surface area contributed by atoms with Crippen molar-refractivity contribution in [3.05, 3.63) is 0 Å². The van der Waals surface area contributed by atoms with E-state index in [9.17, 15) is 0 Å². The minimum atomic E-state index is -5.39. The highest BCUT2D eigenvalue weighted by atomic mass is 31.2. The summed E-state index contributed by atoms with van der Waals surface area (Å²) in [7, 11) is -5.39. The molecule has 11 heavy (non-hydrogen) atoms. The molecule has 10 heteroatoms. The van der Waals surface area contributed by atoms with E-state index in [4.69, 9.17) is 29.1 Å². The molecule has 0 aromatic carbocycles. The van der Waals surface area contributed by atoms with Crippen LogP contribution in [0.3, 0.4) is 0 Å². The van der Waals surface area contributed by atoms with Crippen molar-refractivity contribution in [1.82, 2.24) is 18.5 Å². The van der Waals surface area contributed by atoms with Crippen LogP contribution in [0.5, 0.6) is 0 Å². The number of phosphoric acid groups is 1. The Hall–Kier alpha value is -0.540. The molecular formula is CH14N3O6P. The summed E-state index contributed by atoms with van der Waals surface area (Å²) in [6.45, 7) is -0.250. The van der Waals surface area contributed by atoms with Crippen LogP contribution in [0.2, 0.25) is 0 Å². The number of hydrogen-bond donors (Lipinski definition) is 4. The third-order valence-corrected chi connectivity index (χ3v) is 0. The molecule has 0 rings (SSSR count). The second-order valence-electron chi connectivity index (χ2n) is 0.553. The molecule has 0 amide bonds. The molecule has 0 saturated heterocycles. The summed E-state index contributed by atoms with van der Waals surface area (Å²) in [6.07, 6.45) is 0. The van der Waals surface area contributed by atoms with Gasteiger partial charge in [0.2, 0.25) is 0 Å². The van der Waals surface area contributed by atoms with Crippen LogP contribution in [-0.2, 0) is 9.36 Å². The molecule has 0 radical (unpaired) electrons.